The van der Waals surface area contributed by atoms with Crippen molar-refractivity contribution in [2.75, 3.05) is 44.3 Å². The predicted octanol–water partition coefficient (Wildman–Crippen LogP) is 5.50. The van der Waals surface area contributed by atoms with E-state index in [4.69, 9.17) is 0 Å². The molecule has 0 N–H and O–H groups in total. The number of alkyl halides is 4. The van der Waals surface area contributed by atoms with Gasteiger partial charge in [-0.05, 0) is 0 Å². The SMILES string of the molecule is BrCCSCC(CBr)SC(CBr)CSCCBr. The molecule has 0 aromatic heterocycles. The van der Waals surface area contributed by atoms with Gasteiger partial charge in [0.2, 0.25) is 0 Å². The molecular formula is C10H18Br4S3. The molecule has 0 saturated heterocycles. The highest BCUT2D eigenvalue weighted by atomic mass is 79.9. The Morgan fingerprint density at radius 3 is 1.41 bits per heavy atom. The van der Waals surface area contributed by atoms with Crippen molar-refractivity contribution in [1.82, 2.24) is 0 Å². The average molecular weight is 554 g/mol. The van der Waals surface area contributed by atoms with Gasteiger partial charge in [-0.25, -0.2) is 0 Å². The summed E-state index contributed by atoms with van der Waals surface area (Å²) in [5, 5.41) is 5.84. The highest BCUT2D eigenvalue weighted by Gasteiger charge is 2.15. The molecule has 0 radical (unpaired) electrons. The molecular weight excluding hydrogens is 536 g/mol. The van der Waals surface area contributed by atoms with Gasteiger partial charge in [-0.1, -0.05) is 63.7 Å². The summed E-state index contributed by atoms with van der Waals surface area (Å²) < 4.78 is 0. The van der Waals surface area contributed by atoms with Crippen molar-refractivity contribution in [2.24, 2.45) is 0 Å². The fraction of sp³-hybridized carbons (Fsp3) is 1.00. The van der Waals surface area contributed by atoms with Crippen LogP contribution in [0.1, 0.15) is 0 Å². The van der Waals surface area contributed by atoms with Crippen molar-refractivity contribution in [2.45, 2.75) is 10.5 Å². The topological polar surface area (TPSA) is 0 Å². The molecule has 0 aliphatic rings. The van der Waals surface area contributed by atoms with Crippen LogP contribution in [-0.4, -0.2) is 54.8 Å². The van der Waals surface area contributed by atoms with Crippen molar-refractivity contribution >= 4 is 99.0 Å². The first-order valence-electron chi connectivity index (χ1n) is 5.33. The molecule has 0 heterocycles. The van der Waals surface area contributed by atoms with Gasteiger partial charge in [0.1, 0.15) is 0 Å². The predicted molar refractivity (Wildman–Crippen MR) is 105 cm³/mol. The van der Waals surface area contributed by atoms with Crippen LogP contribution >= 0.6 is 99.0 Å². The molecule has 0 bridgehead atoms. The minimum atomic E-state index is 0.728. The Labute approximate surface area is 152 Å². The van der Waals surface area contributed by atoms with Crippen molar-refractivity contribution in [3.8, 4) is 0 Å². The van der Waals surface area contributed by atoms with Gasteiger partial charge in [-0.2, -0.15) is 35.3 Å². The summed E-state index contributed by atoms with van der Waals surface area (Å²) in [7, 11) is 0. The molecule has 0 aromatic carbocycles. The third-order valence-corrected chi connectivity index (χ3v) is 10.2. The third kappa shape index (κ3) is 12.4. The molecule has 0 rings (SSSR count). The van der Waals surface area contributed by atoms with Crippen LogP contribution in [0.3, 0.4) is 0 Å². The van der Waals surface area contributed by atoms with E-state index in [1.54, 1.807) is 0 Å². The van der Waals surface area contributed by atoms with E-state index in [9.17, 15) is 0 Å². The highest BCUT2D eigenvalue weighted by molar-refractivity contribution is 9.09. The van der Waals surface area contributed by atoms with Gasteiger partial charge in [0.15, 0.2) is 0 Å². The second kappa shape index (κ2) is 15.4. The lowest BCUT2D eigenvalue weighted by atomic mass is 10.5. The Morgan fingerprint density at radius 2 is 1.12 bits per heavy atom. The Hall–Kier alpha value is 2.97. The van der Waals surface area contributed by atoms with Gasteiger partial charge in [0.05, 0.1) is 0 Å². The standard InChI is InChI=1S/C10H18Br4S3/c11-1-3-15-7-9(5-13)17-10(6-14)8-16-4-2-12/h9-10H,1-8H2. The molecule has 0 aliphatic heterocycles. The second-order valence-corrected chi connectivity index (χ2v) is 10.0. The lowest BCUT2D eigenvalue weighted by Gasteiger charge is -2.20. The van der Waals surface area contributed by atoms with E-state index in [1.807, 2.05) is 23.5 Å². The van der Waals surface area contributed by atoms with Crippen LogP contribution in [-0.2, 0) is 0 Å². The molecule has 7 heteroatoms. The molecule has 104 valence electrons. The molecule has 0 saturated carbocycles. The molecule has 0 fully saturated rings. The Morgan fingerprint density at radius 1 is 0.706 bits per heavy atom. The summed E-state index contributed by atoms with van der Waals surface area (Å²) in [5.41, 5.74) is 0. The van der Waals surface area contributed by atoms with Crippen molar-refractivity contribution in [3.63, 3.8) is 0 Å². The fourth-order valence-corrected chi connectivity index (χ4v) is 7.61. The monoisotopic (exact) mass is 550 g/mol. The maximum atomic E-state index is 3.63. The van der Waals surface area contributed by atoms with Crippen LogP contribution in [0.15, 0.2) is 0 Å². The van der Waals surface area contributed by atoms with Crippen LogP contribution in [0.5, 0.6) is 0 Å². The zero-order valence-corrected chi connectivity index (χ0v) is 18.3. The van der Waals surface area contributed by atoms with Gasteiger partial charge < -0.3 is 0 Å². The van der Waals surface area contributed by atoms with Crippen LogP contribution < -0.4 is 0 Å². The maximum Gasteiger partial charge on any atom is 0.0238 e. The smallest absolute Gasteiger partial charge is 0.0238 e. The molecule has 0 aliphatic carbocycles. The summed E-state index contributed by atoms with van der Waals surface area (Å²) >= 11 is 20.4. The zero-order chi connectivity index (χ0) is 12.9. The van der Waals surface area contributed by atoms with E-state index in [2.05, 4.69) is 75.5 Å². The summed E-state index contributed by atoms with van der Waals surface area (Å²) in [6, 6.07) is 0. The van der Waals surface area contributed by atoms with Gasteiger partial charge in [0.25, 0.3) is 0 Å². The Balaban J connectivity index is 3.77. The molecule has 0 aromatic rings. The van der Waals surface area contributed by atoms with Gasteiger partial charge in [0, 0.05) is 54.8 Å². The first-order valence-corrected chi connectivity index (χ1v) is 13.1. The summed E-state index contributed by atoms with van der Waals surface area (Å²) in [6.07, 6.45) is 0. The molecule has 0 nitrogen and oxygen atoms in total. The average Bonchev–Trinajstić information content (AvgIpc) is 2.36. The minimum absolute atomic E-state index is 0.728. The van der Waals surface area contributed by atoms with Crippen LogP contribution in [0.25, 0.3) is 0 Å². The third-order valence-electron chi connectivity index (χ3n) is 1.78. The summed E-state index contributed by atoms with van der Waals surface area (Å²) in [6.45, 7) is 0. The van der Waals surface area contributed by atoms with E-state index in [-0.39, 0.29) is 0 Å². The second-order valence-electron chi connectivity index (χ2n) is 3.22. The highest BCUT2D eigenvalue weighted by Crippen LogP contribution is 2.27. The Bertz CT molecular complexity index is 146. The zero-order valence-electron chi connectivity index (χ0n) is 9.55. The minimum Gasteiger partial charge on any atom is -0.160 e. The van der Waals surface area contributed by atoms with Crippen molar-refractivity contribution in [1.29, 1.82) is 0 Å². The number of hydrogen-bond donors (Lipinski definition) is 0. The molecule has 17 heavy (non-hydrogen) atoms. The van der Waals surface area contributed by atoms with Gasteiger partial charge in [-0.15, -0.1) is 0 Å². The van der Waals surface area contributed by atoms with Gasteiger partial charge in [-0.3, -0.25) is 0 Å². The molecule has 2 atom stereocenters. The number of thioether (sulfide) groups is 3. The van der Waals surface area contributed by atoms with E-state index < -0.39 is 0 Å². The summed E-state index contributed by atoms with van der Waals surface area (Å²) in [5.74, 6) is 4.91. The van der Waals surface area contributed by atoms with E-state index in [1.165, 1.54) is 23.0 Å². The van der Waals surface area contributed by atoms with Crippen LogP contribution in [0.4, 0.5) is 0 Å². The maximum absolute atomic E-state index is 3.63. The lowest BCUT2D eigenvalue weighted by Crippen LogP contribution is -2.18. The number of hydrogen-bond acceptors (Lipinski definition) is 3. The normalized spacial score (nSPS) is 14.8. The van der Waals surface area contributed by atoms with Crippen LogP contribution in [0.2, 0.25) is 0 Å². The van der Waals surface area contributed by atoms with Crippen LogP contribution in [0, 0.1) is 0 Å². The largest absolute Gasteiger partial charge is 0.160 e. The molecule has 0 amide bonds. The first-order chi connectivity index (χ1) is 8.28. The number of rotatable bonds is 12. The fourth-order valence-electron chi connectivity index (χ4n) is 1.05. The first kappa shape index (κ1) is 20.0. The van der Waals surface area contributed by atoms with Crippen molar-refractivity contribution < 1.29 is 0 Å². The Kier molecular flexibility index (Phi) is 18.0. The van der Waals surface area contributed by atoms with E-state index in [0.717, 1.165) is 31.8 Å². The van der Waals surface area contributed by atoms with Crippen molar-refractivity contribution in [3.05, 3.63) is 0 Å². The lowest BCUT2D eigenvalue weighted by molar-refractivity contribution is 1.09. The molecule has 0 spiro atoms. The van der Waals surface area contributed by atoms with E-state index >= 15 is 0 Å². The molecule has 2 unspecified atom stereocenters. The van der Waals surface area contributed by atoms with Gasteiger partial charge >= 0.3 is 0 Å². The summed E-state index contributed by atoms with van der Waals surface area (Å²) in [4.78, 5) is 0. The van der Waals surface area contributed by atoms with E-state index in [0.29, 0.717) is 0 Å². The quantitative estimate of drug-likeness (QED) is 0.231. The number of halogens is 4.